The third-order valence-corrected chi connectivity index (χ3v) is 4.97. The fraction of sp³-hybridized carbons (Fsp3) is 0.286. The molecule has 1 saturated heterocycles. The van der Waals surface area contributed by atoms with Crippen molar-refractivity contribution in [2.75, 3.05) is 19.7 Å². The Bertz CT molecular complexity index is 750. The molecular formula is C21H21NO2. The van der Waals surface area contributed by atoms with Gasteiger partial charge in [-0.25, -0.2) is 4.79 Å². The van der Waals surface area contributed by atoms with Crippen LogP contribution in [0.4, 0.5) is 4.79 Å². The summed E-state index contributed by atoms with van der Waals surface area (Å²) in [5, 5.41) is 0. The Morgan fingerprint density at radius 3 is 2.33 bits per heavy atom. The average Bonchev–Trinajstić information content (AvgIpc) is 2.94. The third kappa shape index (κ3) is 2.60. The Kier molecular flexibility index (Phi) is 3.85. The van der Waals surface area contributed by atoms with Crippen LogP contribution >= 0.6 is 0 Å². The number of piperidine rings is 1. The Hall–Kier alpha value is -2.55. The molecule has 1 fully saturated rings. The van der Waals surface area contributed by atoms with Crippen LogP contribution in [-0.2, 0) is 4.74 Å². The van der Waals surface area contributed by atoms with Crippen LogP contribution in [0, 0.1) is 0 Å². The van der Waals surface area contributed by atoms with E-state index in [1.165, 1.54) is 22.3 Å². The largest absolute Gasteiger partial charge is 0.448 e. The van der Waals surface area contributed by atoms with Gasteiger partial charge >= 0.3 is 6.09 Å². The normalized spacial score (nSPS) is 16.7. The van der Waals surface area contributed by atoms with Crippen molar-refractivity contribution in [2.24, 2.45) is 0 Å². The molecule has 24 heavy (non-hydrogen) atoms. The lowest BCUT2D eigenvalue weighted by atomic mass is 9.98. The maximum Gasteiger partial charge on any atom is 0.410 e. The predicted octanol–water partition coefficient (Wildman–Crippen LogP) is 4.59. The molecule has 2 aromatic rings. The minimum atomic E-state index is -0.224. The maximum atomic E-state index is 12.4. The van der Waals surface area contributed by atoms with Crippen molar-refractivity contribution in [3.63, 3.8) is 0 Å². The molecule has 2 aliphatic rings. The molecule has 1 aliphatic heterocycles. The molecule has 122 valence electrons. The van der Waals surface area contributed by atoms with Gasteiger partial charge in [-0.2, -0.15) is 0 Å². The van der Waals surface area contributed by atoms with Gasteiger partial charge in [0.1, 0.15) is 6.61 Å². The van der Waals surface area contributed by atoms with E-state index in [1.807, 2.05) is 12.1 Å². The highest BCUT2D eigenvalue weighted by atomic mass is 16.6. The van der Waals surface area contributed by atoms with E-state index in [1.54, 1.807) is 4.90 Å². The van der Waals surface area contributed by atoms with Gasteiger partial charge in [-0.3, -0.25) is 0 Å². The van der Waals surface area contributed by atoms with Crippen molar-refractivity contribution in [3.8, 4) is 11.1 Å². The summed E-state index contributed by atoms with van der Waals surface area (Å²) in [5.74, 6) is 0.120. The van der Waals surface area contributed by atoms with Gasteiger partial charge < -0.3 is 9.64 Å². The summed E-state index contributed by atoms with van der Waals surface area (Å²) in [5.41, 5.74) is 6.10. The van der Waals surface area contributed by atoms with E-state index in [9.17, 15) is 4.79 Å². The summed E-state index contributed by atoms with van der Waals surface area (Å²) in [6, 6.07) is 16.8. The summed E-state index contributed by atoms with van der Waals surface area (Å²) >= 11 is 0. The Morgan fingerprint density at radius 1 is 1.08 bits per heavy atom. The maximum absolute atomic E-state index is 12.4. The SMILES string of the molecule is C=C1CCCN(C(=O)OCC2c3ccccc3-c3ccccc32)C1. The van der Waals surface area contributed by atoms with Gasteiger partial charge in [-0.15, -0.1) is 0 Å². The topological polar surface area (TPSA) is 29.5 Å². The molecule has 0 aromatic heterocycles. The second kappa shape index (κ2) is 6.16. The van der Waals surface area contributed by atoms with Crippen LogP contribution in [0.2, 0.25) is 0 Å². The van der Waals surface area contributed by atoms with Crippen molar-refractivity contribution in [3.05, 3.63) is 71.8 Å². The van der Waals surface area contributed by atoms with Crippen molar-refractivity contribution >= 4 is 6.09 Å². The fourth-order valence-corrected chi connectivity index (χ4v) is 3.79. The number of rotatable bonds is 2. The van der Waals surface area contributed by atoms with Crippen molar-refractivity contribution in [2.45, 2.75) is 18.8 Å². The molecule has 0 N–H and O–H groups in total. The highest BCUT2D eigenvalue weighted by molar-refractivity contribution is 5.79. The summed E-state index contributed by atoms with van der Waals surface area (Å²) in [6.07, 6.45) is 1.76. The van der Waals surface area contributed by atoms with Gasteiger partial charge in [-0.1, -0.05) is 60.7 Å². The van der Waals surface area contributed by atoms with E-state index in [0.717, 1.165) is 25.0 Å². The second-order valence-corrected chi connectivity index (χ2v) is 6.58. The van der Waals surface area contributed by atoms with Crippen LogP contribution < -0.4 is 0 Å². The highest BCUT2D eigenvalue weighted by Crippen LogP contribution is 2.44. The molecule has 0 saturated carbocycles. The lowest BCUT2D eigenvalue weighted by Crippen LogP contribution is -2.37. The van der Waals surface area contributed by atoms with E-state index in [-0.39, 0.29) is 12.0 Å². The number of amides is 1. The van der Waals surface area contributed by atoms with Crippen molar-refractivity contribution in [1.29, 1.82) is 0 Å². The number of hydrogen-bond acceptors (Lipinski definition) is 2. The summed E-state index contributed by atoms with van der Waals surface area (Å²) in [7, 11) is 0. The Balaban J connectivity index is 1.52. The Labute approximate surface area is 142 Å². The second-order valence-electron chi connectivity index (χ2n) is 6.58. The zero-order valence-electron chi connectivity index (χ0n) is 13.7. The smallest absolute Gasteiger partial charge is 0.410 e. The van der Waals surface area contributed by atoms with Crippen LogP contribution in [0.25, 0.3) is 11.1 Å². The van der Waals surface area contributed by atoms with E-state index in [4.69, 9.17) is 4.74 Å². The number of likely N-dealkylation sites (tertiary alicyclic amines) is 1. The molecule has 0 bridgehead atoms. The molecule has 0 spiro atoms. The van der Waals surface area contributed by atoms with Crippen molar-refractivity contribution < 1.29 is 9.53 Å². The number of carbonyl (C=O) groups is 1. The Morgan fingerprint density at radius 2 is 1.71 bits per heavy atom. The minimum absolute atomic E-state index is 0.120. The molecule has 3 nitrogen and oxygen atoms in total. The van der Waals surface area contributed by atoms with Crippen LogP contribution in [0.5, 0.6) is 0 Å². The average molecular weight is 319 g/mol. The molecule has 0 atom stereocenters. The molecule has 1 amide bonds. The van der Waals surface area contributed by atoms with E-state index in [2.05, 4.69) is 43.0 Å². The summed E-state index contributed by atoms with van der Waals surface area (Å²) in [6.45, 7) is 5.76. The zero-order valence-corrected chi connectivity index (χ0v) is 13.7. The van der Waals surface area contributed by atoms with Crippen LogP contribution in [-0.4, -0.2) is 30.7 Å². The minimum Gasteiger partial charge on any atom is -0.448 e. The number of nitrogens with zero attached hydrogens (tertiary/aromatic N) is 1. The van der Waals surface area contributed by atoms with E-state index in [0.29, 0.717) is 13.2 Å². The molecule has 1 aliphatic carbocycles. The quantitative estimate of drug-likeness (QED) is 0.758. The van der Waals surface area contributed by atoms with Gasteiger partial charge in [0.25, 0.3) is 0 Å². The highest BCUT2D eigenvalue weighted by Gasteiger charge is 2.30. The number of hydrogen-bond donors (Lipinski definition) is 0. The van der Waals surface area contributed by atoms with Crippen molar-refractivity contribution in [1.82, 2.24) is 4.90 Å². The molecular weight excluding hydrogens is 298 g/mol. The number of ether oxygens (including phenoxy) is 1. The fourth-order valence-electron chi connectivity index (χ4n) is 3.79. The van der Waals surface area contributed by atoms with Crippen LogP contribution in [0.3, 0.4) is 0 Å². The first-order valence-electron chi connectivity index (χ1n) is 8.50. The van der Waals surface area contributed by atoms with Gasteiger partial charge in [0.15, 0.2) is 0 Å². The summed E-state index contributed by atoms with van der Waals surface area (Å²) < 4.78 is 5.67. The lowest BCUT2D eigenvalue weighted by Gasteiger charge is -2.28. The molecule has 3 heteroatoms. The molecule has 0 unspecified atom stereocenters. The standard InChI is InChI=1S/C21H21NO2/c1-15-7-6-12-22(13-15)21(23)24-14-20-18-10-4-2-8-16(18)17-9-3-5-11-19(17)20/h2-5,8-11,20H,1,6-7,12-14H2. The van der Waals surface area contributed by atoms with Gasteiger partial charge in [0, 0.05) is 19.0 Å². The number of fused-ring (bicyclic) bond motifs is 3. The summed E-state index contributed by atoms with van der Waals surface area (Å²) in [4.78, 5) is 14.1. The third-order valence-electron chi connectivity index (χ3n) is 4.97. The van der Waals surface area contributed by atoms with Gasteiger partial charge in [0.05, 0.1) is 0 Å². The van der Waals surface area contributed by atoms with Crippen LogP contribution in [0.1, 0.15) is 29.9 Å². The first-order chi connectivity index (χ1) is 11.7. The predicted molar refractivity (Wildman–Crippen MR) is 95.0 cm³/mol. The molecule has 2 aromatic carbocycles. The molecule has 0 radical (unpaired) electrons. The van der Waals surface area contributed by atoms with E-state index >= 15 is 0 Å². The lowest BCUT2D eigenvalue weighted by molar-refractivity contribution is 0.0989. The van der Waals surface area contributed by atoms with Gasteiger partial charge in [0.2, 0.25) is 0 Å². The molecule has 4 rings (SSSR count). The zero-order chi connectivity index (χ0) is 16.5. The number of carbonyl (C=O) groups excluding carboxylic acids is 1. The van der Waals surface area contributed by atoms with Gasteiger partial charge in [-0.05, 0) is 35.1 Å². The molecule has 1 heterocycles. The van der Waals surface area contributed by atoms with E-state index < -0.39 is 0 Å². The monoisotopic (exact) mass is 319 g/mol. The first kappa shape index (κ1) is 15.0. The first-order valence-corrected chi connectivity index (χ1v) is 8.50. The van der Waals surface area contributed by atoms with Crippen LogP contribution in [0.15, 0.2) is 60.7 Å². The number of benzene rings is 2.